The number of nitrogens with zero attached hydrogens (tertiary/aromatic N) is 1. The SMILES string of the molecule is CCCCCCCCCCCCCCCCN1C(=O)c2c(Br)sc(Br)c2C1=O.CCC[CH2][Sn]([CH2]CCC)([CH2]CCC)[c]1cc2c(s1)-c1sc(C)cc1OC2(CCC(C)C)CCC(C)C. The number of carbonyl (C=O) groups is 2. The average Bonchev–Trinajstić information content (AvgIpc) is 4.02. The van der Waals surface area contributed by atoms with E-state index in [0.717, 1.165) is 33.3 Å². The molecule has 3 aromatic heterocycles. The number of thiophene rings is 3. The predicted octanol–water partition coefficient (Wildman–Crippen LogP) is 19.7. The van der Waals surface area contributed by atoms with Crippen LogP contribution in [0.15, 0.2) is 19.7 Å². The van der Waals surface area contributed by atoms with Gasteiger partial charge in [-0.05, 0) is 38.3 Å². The summed E-state index contributed by atoms with van der Waals surface area (Å²) in [5, 5.41) is 0. The Kier molecular flexibility index (Phi) is 25.6. The molecule has 64 heavy (non-hydrogen) atoms. The minimum atomic E-state index is -2.51. The first-order chi connectivity index (χ1) is 30.8. The molecule has 5 heterocycles. The zero-order chi connectivity index (χ0) is 46.7. The molecular formula is C54H87Br2NO3S3Sn. The Bertz CT molecular complexity index is 1780. The van der Waals surface area contributed by atoms with Crippen LogP contribution in [0.1, 0.15) is 241 Å². The second kappa shape index (κ2) is 29.1. The van der Waals surface area contributed by atoms with Gasteiger partial charge in [-0.15, -0.1) is 11.3 Å². The van der Waals surface area contributed by atoms with E-state index >= 15 is 0 Å². The van der Waals surface area contributed by atoms with Crippen LogP contribution in [0.2, 0.25) is 13.3 Å². The monoisotopic (exact) mass is 1170 g/mol. The van der Waals surface area contributed by atoms with Crippen molar-refractivity contribution >= 4 is 99.0 Å². The van der Waals surface area contributed by atoms with Crippen LogP contribution in [0.5, 0.6) is 5.75 Å². The van der Waals surface area contributed by atoms with Gasteiger partial charge in [0.05, 0.1) is 18.7 Å². The topological polar surface area (TPSA) is 46.6 Å². The molecule has 0 radical (unpaired) electrons. The molecule has 0 bridgehead atoms. The number of unbranched alkanes of at least 4 members (excludes halogenated alkanes) is 16. The normalized spacial score (nSPS) is 14.3. The summed E-state index contributed by atoms with van der Waals surface area (Å²) < 4.78 is 15.2. The van der Waals surface area contributed by atoms with Crippen LogP contribution in [0.25, 0.3) is 9.75 Å². The molecule has 2 amide bonds. The van der Waals surface area contributed by atoms with Crippen LogP contribution in [-0.4, -0.2) is 41.6 Å². The van der Waals surface area contributed by atoms with E-state index in [-0.39, 0.29) is 17.4 Å². The summed E-state index contributed by atoms with van der Waals surface area (Å²) in [6.45, 7) is 21.8. The van der Waals surface area contributed by atoms with Gasteiger partial charge in [0.2, 0.25) is 0 Å². The molecule has 0 aliphatic carbocycles. The number of aryl methyl sites for hydroxylation is 1. The summed E-state index contributed by atoms with van der Waals surface area (Å²) in [7, 11) is 0. The Morgan fingerprint density at radius 2 is 1.03 bits per heavy atom. The minimum absolute atomic E-state index is 0.142. The fourth-order valence-electron chi connectivity index (χ4n) is 9.77. The summed E-state index contributed by atoms with van der Waals surface area (Å²) >= 11 is 9.89. The van der Waals surface area contributed by atoms with Gasteiger partial charge in [-0.3, -0.25) is 14.5 Å². The van der Waals surface area contributed by atoms with Crippen molar-refractivity contribution < 1.29 is 14.3 Å². The third-order valence-corrected chi connectivity index (χ3v) is 36.9. The molecule has 5 rings (SSSR count). The van der Waals surface area contributed by atoms with Crippen molar-refractivity contribution in [3.05, 3.63) is 41.3 Å². The number of hydrogen-bond donors (Lipinski definition) is 0. The first-order valence-corrected chi connectivity index (χ1v) is 37.6. The van der Waals surface area contributed by atoms with Gasteiger partial charge in [0, 0.05) is 6.54 Å². The first kappa shape index (κ1) is 56.4. The van der Waals surface area contributed by atoms with Crippen LogP contribution in [0.3, 0.4) is 0 Å². The Morgan fingerprint density at radius 1 is 0.594 bits per heavy atom. The summed E-state index contributed by atoms with van der Waals surface area (Å²) in [6.07, 6.45) is 31.3. The molecule has 0 aromatic carbocycles. The molecule has 0 saturated heterocycles. The summed E-state index contributed by atoms with van der Waals surface area (Å²) in [6, 6.07) is 5.11. The molecule has 10 heteroatoms. The zero-order valence-corrected chi connectivity index (χ0v) is 50.2. The standard InChI is InChI=1S/C22H33Br2NO2S.C20H27OS2.3C4H9.Sn/c1-2-3-4-5-6-7-8-9-10-11-12-13-14-15-16-25-21(26)17-18(22(25)27)20(24)28-19(17)23;1-13(2)6-9-20(10-7-14(3)4)16-8-11-22-18(16)19-17(21-20)12-15(5)23-19;3*1-3-4-2;/h2-16H2,1H3;8,12-14H,6-7,9-10H2,1-5H3;3*1,3-4H2,2H3;. The van der Waals surface area contributed by atoms with Gasteiger partial charge < -0.3 is 0 Å². The van der Waals surface area contributed by atoms with E-state index in [2.05, 4.69) is 118 Å². The molecule has 0 fully saturated rings. The van der Waals surface area contributed by atoms with Crippen molar-refractivity contribution in [1.29, 1.82) is 0 Å². The molecule has 362 valence electrons. The van der Waals surface area contributed by atoms with Crippen molar-refractivity contribution in [3.8, 4) is 15.5 Å². The number of halogens is 2. The zero-order valence-electron chi connectivity index (χ0n) is 41.8. The summed E-state index contributed by atoms with van der Waals surface area (Å²) in [5.41, 5.74) is 2.51. The number of ether oxygens (including phenoxy) is 1. The molecule has 0 unspecified atom stereocenters. The summed E-state index contributed by atoms with van der Waals surface area (Å²) in [5.74, 6) is 2.29. The van der Waals surface area contributed by atoms with E-state index in [9.17, 15) is 9.59 Å². The second-order valence-electron chi connectivity index (χ2n) is 20.2. The maximum absolute atomic E-state index is 12.5. The fourth-order valence-corrected chi connectivity index (χ4v) is 34.3. The van der Waals surface area contributed by atoms with Gasteiger partial charge in [0.15, 0.2) is 0 Å². The Labute approximate surface area is 424 Å². The van der Waals surface area contributed by atoms with Crippen LogP contribution in [-0.2, 0) is 5.60 Å². The third kappa shape index (κ3) is 15.9. The number of imide groups is 1. The Balaban J connectivity index is 0.000000290. The van der Waals surface area contributed by atoms with Gasteiger partial charge in [0.25, 0.3) is 11.8 Å². The van der Waals surface area contributed by atoms with Crippen molar-refractivity contribution in [2.24, 2.45) is 11.8 Å². The van der Waals surface area contributed by atoms with E-state index in [1.165, 1.54) is 160 Å². The predicted molar refractivity (Wildman–Crippen MR) is 293 cm³/mol. The van der Waals surface area contributed by atoms with Crippen molar-refractivity contribution in [1.82, 2.24) is 4.90 Å². The summed E-state index contributed by atoms with van der Waals surface area (Å²) in [4.78, 5) is 30.8. The number of rotatable bonds is 31. The van der Waals surface area contributed by atoms with Gasteiger partial charge in [0.1, 0.15) is 0 Å². The number of fused-ring (bicyclic) bond motifs is 4. The van der Waals surface area contributed by atoms with Gasteiger partial charge in [-0.1, -0.05) is 90.4 Å². The number of carbonyl (C=O) groups excluding carboxylic acids is 2. The molecule has 4 nitrogen and oxygen atoms in total. The molecule has 0 N–H and O–H groups in total. The molecule has 2 aliphatic heterocycles. The Hall–Kier alpha value is -0.201. The van der Waals surface area contributed by atoms with Crippen LogP contribution in [0.4, 0.5) is 0 Å². The average molecular weight is 1170 g/mol. The van der Waals surface area contributed by atoms with E-state index in [0.29, 0.717) is 29.5 Å². The van der Waals surface area contributed by atoms with E-state index < -0.39 is 18.4 Å². The van der Waals surface area contributed by atoms with Crippen molar-refractivity contribution in [2.75, 3.05) is 6.54 Å². The van der Waals surface area contributed by atoms with E-state index in [4.69, 9.17) is 4.74 Å². The van der Waals surface area contributed by atoms with Crippen LogP contribution < -0.4 is 7.63 Å². The first-order valence-electron chi connectivity index (χ1n) is 26.1. The Morgan fingerprint density at radius 3 is 1.47 bits per heavy atom. The third-order valence-electron chi connectivity index (χ3n) is 13.8. The van der Waals surface area contributed by atoms with Crippen LogP contribution >= 0.6 is 65.9 Å². The van der Waals surface area contributed by atoms with Crippen LogP contribution in [0, 0.1) is 18.8 Å². The number of hydrogen-bond acceptors (Lipinski definition) is 6. The molecule has 0 atom stereocenters. The van der Waals surface area contributed by atoms with Gasteiger partial charge in [-0.25, -0.2) is 0 Å². The second-order valence-corrected chi connectivity index (χ2v) is 40.3. The molecule has 2 aliphatic rings. The molecule has 3 aromatic rings. The maximum atomic E-state index is 12.5. The number of amides is 2. The van der Waals surface area contributed by atoms with E-state index in [1.807, 2.05) is 14.2 Å². The van der Waals surface area contributed by atoms with Gasteiger partial charge in [-0.2, -0.15) is 0 Å². The van der Waals surface area contributed by atoms with E-state index in [1.54, 1.807) is 23.8 Å². The molecular weight excluding hydrogens is 1090 g/mol. The molecule has 0 spiro atoms. The quantitative estimate of drug-likeness (QED) is 0.0366. The fraction of sp³-hybridized carbons (Fsp3) is 0.741. The van der Waals surface area contributed by atoms with Gasteiger partial charge >= 0.3 is 237 Å². The molecule has 0 saturated carbocycles. The van der Waals surface area contributed by atoms with Crippen molar-refractivity contribution in [2.45, 2.75) is 235 Å². The van der Waals surface area contributed by atoms with Crippen molar-refractivity contribution in [3.63, 3.8) is 0 Å².